The molecule has 0 aliphatic carbocycles. The van der Waals surface area contributed by atoms with Gasteiger partial charge in [-0.3, -0.25) is 0 Å². The zero-order valence-corrected chi connectivity index (χ0v) is 12.0. The van der Waals surface area contributed by atoms with Gasteiger partial charge >= 0.3 is 0 Å². The van der Waals surface area contributed by atoms with E-state index < -0.39 is 6.10 Å². The van der Waals surface area contributed by atoms with E-state index in [0.29, 0.717) is 18.8 Å². The average Bonchev–Trinajstić information content (AvgIpc) is 2.46. The van der Waals surface area contributed by atoms with Crippen molar-refractivity contribution in [2.75, 3.05) is 26.9 Å². The first-order valence-corrected chi connectivity index (χ1v) is 6.67. The number of benzene rings is 1. The molecule has 20 heavy (non-hydrogen) atoms. The highest BCUT2D eigenvalue weighted by molar-refractivity contribution is 5.29. The zero-order valence-electron chi connectivity index (χ0n) is 12.0. The van der Waals surface area contributed by atoms with E-state index in [2.05, 4.69) is 12.2 Å². The summed E-state index contributed by atoms with van der Waals surface area (Å²) in [5.74, 6) is 0.693. The number of nitrogens with one attached hydrogen (secondary N) is 1. The Kier molecular flexibility index (Phi) is 7.66. The molecule has 5 heteroatoms. The lowest BCUT2D eigenvalue weighted by Gasteiger charge is -2.16. The summed E-state index contributed by atoms with van der Waals surface area (Å²) in [6, 6.07) is 9.76. The van der Waals surface area contributed by atoms with Gasteiger partial charge < -0.3 is 19.9 Å². The van der Waals surface area contributed by atoms with Crippen LogP contribution >= 0.6 is 0 Å². The fourth-order valence-corrected chi connectivity index (χ4v) is 1.83. The average molecular weight is 278 g/mol. The maximum atomic E-state index is 9.54. The molecule has 0 bridgehead atoms. The van der Waals surface area contributed by atoms with E-state index in [-0.39, 0.29) is 12.6 Å². The van der Waals surface area contributed by atoms with Crippen LogP contribution in [0, 0.1) is 11.3 Å². The summed E-state index contributed by atoms with van der Waals surface area (Å²) >= 11 is 0. The molecule has 1 aromatic carbocycles. The van der Waals surface area contributed by atoms with Crippen LogP contribution in [0.2, 0.25) is 0 Å². The lowest BCUT2D eigenvalue weighted by molar-refractivity contribution is 0.0590. The third kappa shape index (κ3) is 6.02. The van der Waals surface area contributed by atoms with E-state index >= 15 is 0 Å². The molecule has 0 aliphatic rings. The minimum Gasteiger partial charge on any atom is -0.479 e. The van der Waals surface area contributed by atoms with Crippen LogP contribution in [0.1, 0.15) is 24.9 Å². The topological polar surface area (TPSA) is 74.5 Å². The molecule has 0 saturated heterocycles. The Morgan fingerprint density at radius 3 is 2.65 bits per heavy atom. The van der Waals surface area contributed by atoms with Crippen molar-refractivity contribution >= 4 is 0 Å². The Balaban J connectivity index is 2.36. The summed E-state index contributed by atoms with van der Waals surface area (Å²) in [5.41, 5.74) is 1.13. The SMILES string of the molecule is COCC(O)CCNC(C)c1ccc(OCC#N)cc1. The van der Waals surface area contributed by atoms with Crippen molar-refractivity contribution in [3.05, 3.63) is 29.8 Å². The van der Waals surface area contributed by atoms with Crippen molar-refractivity contribution in [2.45, 2.75) is 25.5 Å². The Labute approximate surface area is 120 Å². The van der Waals surface area contributed by atoms with E-state index in [9.17, 15) is 5.11 Å². The van der Waals surface area contributed by atoms with Crippen LogP contribution in [0.25, 0.3) is 0 Å². The van der Waals surface area contributed by atoms with Gasteiger partial charge in [0.1, 0.15) is 11.8 Å². The Morgan fingerprint density at radius 2 is 2.05 bits per heavy atom. The first kappa shape index (κ1) is 16.4. The highest BCUT2D eigenvalue weighted by Crippen LogP contribution is 2.17. The Morgan fingerprint density at radius 1 is 1.35 bits per heavy atom. The molecular weight excluding hydrogens is 256 g/mol. The number of nitriles is 1. The first-order valence-electron chi connectivity index (χ1n) is 6.67. The van der Waals surface area contributed by atoms with Crippen LogP contribution in [0.15, 0.2) is 24.3 Å². The molecule has 0 radical (unpaired) electrons. The van der Waals surface area contributed by atoms with Crippen LogP contribution in [-0.4, -0.2) is 38.1 Å². The van der Waals surface area contributed by atoms with Gasteiger partial charge in [-0.25, -0.2) is 0 Å². The maximum Gasteiger partial charge on any atom is 0.174 e. The van der Waals surface area contributed by atoms with E-state index in [4.69, 9.17) is 14.7 Å². The summed E-state index contributed by atoms with van der Waals surface area (Å²) in [7, 11) is 1.58. The van der Waals surface area contributed by atoms with Gasteiger partial charge in [-0.1, -0.05) is 12.1 Å². The van der Waals surface area contributed by atoms with Gasteiger partial charge in [0, 0.05) is 13.2 Å². The molecule has 0 amide bonds. The predicted octanol–water partition coefficient (Wildman–Crippen LogP) is 1.64. The van der Waals surface area contributed by atoms with Gasteiger partial charge in [-0.2, -0.15) is 5.26 Å². The summed E-state index contributed by atoms with van der Waals surface area (Å²) in [4.78, 5) is 0. The molecule has 2 N–H and O–H groups in total. The van der Waals surface area contributed by atoms with Gasteiger partial charge in [0.25, 0.3) is 0 Å². The molecule has 1 rings (SSSR count). The second-order valence-electron chi connectivity index (χ2n) is 4.59. The van der Waals surface area contributed by atoms with Crippen LogP contribution in [0.4, 0.5) is 0 Å². The van der Waals surface area contributed by atoms with E-state index in [1.807, 2.05) is 30.3 Å². The summed E-state index contributed by atoms with van der Waals surface area (Å²) in [5, 5.41) is 21.3. The van der Waals surface area contributed by atoms with Crippen LogP contribution in [-0.2, 0) is 4.74 Å². The third-order valence-electron chi connectivity index (χ3n) is 2.97. The van der Waals surface area contributed by atoms with E-state index in [1.54, 1.807) is 7.11 Å². The fourth-order valence-electron chi connectivity index (χ4n) is 1.83. The molecule has 1 aromatic rings. The number of aliphatic hydroxyl groups excluding tert-OH is 1. The number of methoxy groups -OCH3 is 1. The summed E-state index contributed by atoms with van der Waals surface area (Å²) in [6.07, 6.45) is 0.225. The molecule has 0 heterocycles. The molecule has 0 aromatic heterocycles. The van der Waals surface area contributed by atoms with Crippen molar-refractivity contribution in [1.29, 1.82) is 5.26 Å². The fraction of sp³-hybridized carbons (Fsp3) is 0.533. The number of nitrogens with zero attached hydrogens (tertiary/aromatic N) is 1. The zero-order chi connectivity index (χ0) is 14.8. The number of hydrogen-bond acceptors (Lipinski definition) is 5. The monoisotopic (exact) mass is 278 g/mol. The molecule has 2 unspecified atom stereocenters. The molecular formula is C15H22N2O3. The van der Waals surface area contributed by atoms with Crippen molar-refractivity contribution < 1.29 is 14.6 Å². The minimum atomic E-state index is -0.429. The molecule has 2 atom stereocenters. The highest BCUT2D eigenvalue weighted by Gasteiger charge is 2.07. The quantitative estimate of drug-likeness (QED) is 0.718. The standard InChI is InChI=1S/C15H22N2O3/c1-12(17-9-7-14(18)11-19-2)13-3-5-15(6-4-13)20-10-8-16/h3-6,12,14,17-18H,7,9-11H2,1-2H3. The molecule has 0 spiro atoms. The molecule has 110 valence electrons. The van der Waals surface area contributed by atoms with Crippen molar-refractivity contribution in [1.82, 2.24) is 5.32 Å². The van der Waals surface area contributed by atoms with Gasteiger partial charge in [0.05, 0.1) is 12.7 Å². The molecule has 0 fully saturated rings. The Hall–Kier alpha value is -1.61. The Bertz CT molecular complexity index is 414. The molecule has 5 nitrogen and oxygen atoms in total. The van der Waals surface area contributed by atoms with Crippen LogP contribution in [0.3, 0.4) is 0 Å². The maximum absolute atomic E-state index is 9.54. The van der Waals surface area contributed by atoms with Crippen LogP contribution < -0.4 is 10.1 Å². The summed E-state index contributed by atoms with van der Waals surface area (Å²) in [6.45, 7) is 3.21. The highest BCUT2D eigenvalue weighted by atomic mass is 16.5. The molecule has 0 saturated carbocycles. The van der Waals surface area contributed by atoms with Gasteiger partial charge in [-0.15, -0.1) is 0 Å². The lowest BCUT2D eigenvalue weighted by atomic mass is 10.1. The van der Waals surface area contributed by atoms with Gasteiger partial charge in [0.15, 0.2) is 6.61 Å². The van der Waals surface area contributed by atoms with E-state index in [0.717, 1.165) is 12.1 Å². The summed E-state index contributed by atoms with van der Waals surface area (Å²) < 4.78 is 10.1. The second-order valence-corrected chi connectivity index (χ2v) is 4.59. The largest absolute Gasteiger partial charge is 0.479 e. The minimum absolute atomic E-state index is 0.0601. The lowest BCUT2D eigenvalue weighted by Crippen LogP contribution is -2.25. The predicted molar refractivity (Wildman–Crippen MR) is 76.5 cm³/mol. The number of rotatable bonds is 9. The molecule has 0 aliphatic heterocycles. The smallest absolute Gasteiger partial charge is 0.174 e. The normalized spacial score (nSPS) is 13.5. The number of hydrogen-bond donors (Lipinski definition) is 2. The second kappa shape index (κ2) is 9.32. The van der Waals surface area contributed by atoms with Crippen molar-refractivity contribution in [2.24, 2.45) is 0 Å². The van der Waals surface area contributed by atoms with Crippen LogP contribution in [0.5, 0.6) is 5.75 Å². The number of ether oxygens (including phenoxy) is 2. The van der Waals surface area contributed by atoms with Crippen molar-refractivity contribution in [3.63, 3.8) is 0 Å². The van der Waals surface area contributed by atoms with Gasteiger partial charge in [0.2, 0.25) is 0 Å². The number of aliphatic hydroxyl groups is 1. The van der Waals surface area contributed by atoms with Gasteiger partial charge in [-0.05, 0) is 37.6 Å². The van der Waals surface area contributed by atoms with E-state index in [1.165, 1.54) is 0 Å². The van der Waals surface area contributed by atoms with Crippen molar-refractivity contribution in [3.8, 4) is 11.8 Å². The first-order chi connectivity index (χ1) is 9.67. The third-order valence-corrected chi connectivity index (χ3v) is 2.97.